The van der Waals surface area contributed by atoms with Gasteiger partial charge in [0.25, 0.3) is 0 Å². The van der Waals surface area contributed by atoms with Crippen LogP contribution in [0.5, 0.6) is 0 Å². The average Bonchev–Trinajstić information content (AvgIpc) is 3.13. The lowest BCUT2D eigenvalue weighted by Gasteiger charge is -2.27. The Labute approximate surface area is 177 Å². The minimum Gasteiger partial charge on any atom is -0.325 e. The quantitative estimate of drug-likeness (QED) is 0.385. The van der Waals surface area contributed by atoms with Gasteiger partial charge in [-0.15, -0.1) is 0 Å². The number of benzene rings is 3. The Morgan fingerprint density at radius 3 is 2.66 bits per heavy atom. The predicted octanol–water partition coefficient (Wildman–Crippen LogP) is 6.56. The van der Waals surface area contributed by atoms with Crippen molar-refractivity contribution < 1.29 is 4.39 Å². The summed E-state index contributed by atoms with van der Waals surface area (Å²) in [4.78, 5) is 4.77. The van der Waals surface area contributed by atoms with Crippen LogP contribution >= 0.6 is 15.9 Å². The number of nitrogens with one attached hydrogen (secondary N) is 1. The Kier molecular flexibility index (Phi) is 4.47. The van der Waals surface area contributed by atoms with Gasteiger partial charge in [0.2, 0.25) is 5.95 Å². The molecule has 1 atom stereocenters. The van der Waals surface area contributed by atoms with Crippen molar-refractivity contribution in [2.24, 2.45) is 0 Å². The molecule has 1 aromatic heterocycles. The van der Waals surface area contributed by atoms with E-state index in [0.29, 0.717) is 11.5 Å². The Bertz CT molecular complexity index is 1240. The van der Waals surface area contributed by atoms with Gasteiger partial charge in [0.1, 0.15) is 5.82 Å². The number of aromatic nitrogens is 2. The molecule has 0 fully saturated rings. The topological polar surface area (TPSA) is 29.9 Å². The van der Waals surface area contributed by atoms with E-state index >= 15 is 0 Å². The molecular formula is C24H19BrFN3. The van der Waals surface area contributed by atoms with Crippen LogP contribution in [-0.4, -0.2) is 9.55 Å². The summed E-state index contributed by atoms with van der Waals surface area (Å²) in [6.07, 6.45) is 3.07. The molecular weight excluding hydrogens is 429 g/mol. The average molecular weight is 448 g/mol. The zero-order valence-electron chi connectivity index (χ0n) is 15.9. The number of para-hydroxylation sites is 2. The lowest BCUT2D eigenvalue weighted by atomic mass is 10.00. The van der Waals surface area contributed by atoms with Crippen LogP contribution in [0.1, 0.15) is 29.7 Å². The monoisotopic (exact) mass is 447 g/mol. The van der Waals surface area contributed by atoms with Crippen molar-refractivity contribution in [2.75, 3.05) is 5.32 Å². The first-order valence-corrected chi connectivity index (χ1v) is 10.4. The molecule has 3 nitrogen and oxygen atoms in total. The highest BCUT2D eigenvalue weighted by atomic mass is 79.9. The summed E-state index contributed by atoms with van der Waals surface area (Å²) in [5.74, 6) is 0.480. The standard InChI is InChI=1S/C24H19BrFN3/c1-2-15-7-9-16(10-8-15)21-14-23(18-13-17(25)11-12-19(18)26)29-22-6-4-3-5-20(22)27-24(29)28-21/h3-14,23H,2H2,1H3,(H,27,28). The molecule has 2 heterocycles. The van der Waals surface area contributed by atoms with E-state index in [1.165, 1.54) is 11.6 Å². The molecule has 144 valence electrons. The van der Waals surface area contributed by atoms with Gasteiger partial charge in [-0.3, -0.25) is 4.57 Å². The molecule has 1 N–H and O–H groups in total. The molecule has 5 rings (SSSR count). The maximum absolute atomic E-state index is 14.9. The maximum Gasteiger partial charge on any atom is 0.209 e. The van der Waals surface area contributed by atoms with Gasteiger partial charge >= 0.3 is 0 Å². The van der Waals surface area contributed by atoms with Crippen molar-refractivity contribution in [3.8, 4) is 0 Å². The number of imidazole rings is 1. The highest BCUT2D eigenvalue weighted by Crippen LogP contribution is 2.38. The summed E-state index contributed by atoms with van der Waals surface area (Å²) in [6.45, 7) is 2.14. The Morgan fingerprint density at radius 1 is 1.07 bits per heavy atom. The molecule has 0 saturated heterocycles. The van der Waals surface area contributed by atoms with Gasteiger partial charge in [0.05, 0.1) is 17.1 Å². The smallest absolute Gasteiger partial charge is 0.209 e. The fourth-order valence-electron chi connectivity index (χ4n) is 3.87. The minimum atomic E-state index is -0.308. The van der Waals surface area contributed by atoms with Crippen LogP contribution in [0.15, 0.2) is 77.3 Å². The van der Waals surface area contributed by atoms with Gasteiger partial charge in [-0.2, -0.15) is 0 Å². The fraction of sp³-hybridized carbons (Fsp3) is 0.125. The number of fused-ring (bicyclic) bond motifs is 3. The van der Waals surface area contributed by atoms with Gasteiger partial charge in [-0.25, -0.2) is 9.37 Å². The largest absolute Gasteiger partial charge is 0.325 e. The highest BCUT2D eigenvalue weighted by molar-refractivity contribution is 9.10. The van der Waals surface area contributed by atoms with Crippen LogP contribution in [0, 0.1) is 5.82 Å². The second kappa shape index (κ2) is 7.16. The van der Waals surface area contributed by atoms with E-state index in [1.807, 2.05) is 30.3 Å². The first kappa shape index (κ1) is 18.1. The van der Waals surface area contributed by atoms with E-state index < -0.39 is 0 Å². The molecule has 1 aliphatic heterocycles. The number of rotatable bonds is 3. The molecule has 29 heavy (non-hydrogen) atoms. The van der Waals surface area contributed by atoms with Crippen LogP contribution in [0.4, 0.5) is 10.3 Å². The van der Waals surface area contributed by atoms with Crippen LogP contribution in [0.2, 0.25) is 0 Å². The molecule has 0 saturated carbocycles. The van der Waals surface area contributed by atoms with E-state index in [0.717, 1.165) is 33.2 Å². The fourth-order valence-corrected chi connectivity index (χ4v) is 4.25. The van der Waals surface area contributed by atoms with Crippen molar-refractivity contribution in [1.82, 2.24) is 9.55 Å². The number of allylic oxidation sites excluding steroid dienone is 1. The van der Waals surface area contributed by atoms with Crippen LogP contribution in [0.25, 0.3) is 16.7 Å². The Hall–Kier alpha value is -2.92. The third-order valence-electron chi connectivity index (χ3n) is 5.39. The van der Waals surface area contributed by atoms with Crippen LogP contribution in [0.3, 0.4) is 0 Å². The number of hydrogen-bond acceptors (Lipinski definition) is 2. The Balaban J connectivity index is 1.72. The summed E-state index contributed by atoms with van der Waals surface area (Å²) < 4.78 is 17.8. The summed E-state index contributed by atoms with van der Waals surface area (Å²) in [7, 11) is 0. The lowest BCUT2D eigenvalue weighted by Crippen LogP contribution is -2.20. The number of hydrogen-bond donors (Lipinski definition) is 1. The molecule has 0 aliphatic carbocycles. The first-order chi connectivity index (χ1) is 14.1. The van der Waals surface area contributed by atoms with Crippen LogP contribution in [-0.2, 0) is 6.42 Å². The van der Waals surface area contributed by atoms with E-state index in [9.17, 15) is 4.39 Å². The van der Waals surface area contributed by atoms with E-state index in [-0.39, 0.29) is 11.9 Å². The van der Waals surface area contributed by atoms with E-state index in [2.05, 4.69) is 63.1 Å². The third-order valence-corrected chi connectivity index (χ3v) is 5.89. The summed E-state index contributed by atoms with van der Waals surface area (Å²) in [5, 5.41) is 3.45. The van der Waals surface area contributed by atoms with Gasteiger partial charge in [-0.05, 0) is 54.0 Å². The number of halogens is 2. The predicted molar refractivity (Wildman–Crippen MR) is 119 cm³/mol. The van der Waals surface area contributed by atoms with Crippen molar-refractivity contribution in [1.29, 1.82) is 0 Å². The molecule has 0 bridgehead atoms. The van der Waals surface area contributed by atoms with Crippen molar-refractivity contribution in [2.45, 2.75) is 19.4 Å². The molecule has 1 unspecified atom stereocenters. The molecule has 4 aromatic rings. The second-order valence-corrected chi connectivity index (χ2v) is 8.08. The lowest BCUT2D eigenvalue weighted by molar-refractivity contribution is 0.583. The van der Waals surface area contributed by atoms with Crippen molar-refractivity contribution in [3.05, 3.63) is 99.8 Å². The van der Waals surface area contributed by atoms with Gasteiger partial charge in [0.15, 0.2) is 0 Å². The number of anilines is 1. The SMILES string of the molecule is CCc1ccc(C2=CC(c3cc(Br)ccc3F)n3c(nc4ccccc43)N2)cc1. The zero-order valence-corrected chi connectivity index (χ0v) is 17.4. The molecule has 1 aliphatic rings. The Morgan fingerprint density at radius 2 is 1.86 bits per heavy atom. The van der Waals surface area contributed by atoms with Gasteiger partial charge < -0.3 is 5.32 Å². The summed E-state index contributed by atoms with van der Waals surface area (Å²) >= 11 is 3.49. The van der Waals surface area contributed by atoms with E-state index in [1.54, 1.807) is 6.07 Å². The number of nitrogens with zero attached hydrogens (tertiary/aromatic N) is 2. The van der Waals surface area contributed by atoms with Crippen molar-refractivity contribution >= 4 is 38.6 Å². The maximum atomic E-state index is 14.9. The number of aryl methyl sites for hydroxylation is 1. The zero-order chi connectivity index (χ0) is 20.0. The second-order valence-electron chi connectivity index (χ2n) is 7.16. The molecule has 0 radical (unpaired) electrons. The molecule has 5 heteroatoms. The minimum absolute atomic E-state index is 0.235. The van der Waals surface area contributed by atoms with E-state index in [4.69, 9.17) is 4.98 Å². The van der Waals surface area contributed by atoms with Crippen molar-refractivity contribution in [3.63, 3.8) is 0 Å². The van der Waals surface area contributed by atoms with Crippen LogP contribution < -0.4 is 5.32 Å². The summed E-state index contributed by atoms with van der Waals surface area (Å²) in [6, 6.07) is 21.2. The third kappa shape index (κ3) is 3.15. The van der Waals surface area contributed by atoms with Gasteiger partial charge in [0, 0.05) is 15.7 Å². The molecule has 3 aromatic carbocycles. The highest BCUT2D eigenvalue weighted by Gasteiger charge is 2.27. The summed E-state index contributed by atoms with van der Waals surface area (Å²) in [5.41, 5.74) is 5.73. The molecule has 0 amide bonds. The van der Waals surface area contributed by atoms with Gasteiger partial charge in [-0.1, -0.05) is 59.3 Å². The molecule has 0 spiro atoms. The normalized spacial score (nSPS) is 15.7. The first-order valence-electron chi connectivity index (χ1n) is 9.64.